The van der Waals surface area contributed by atoms with E-state index in [9.17, 15) is 9.59 Å². The number of nitrogens with zero attached hydrogens (tertiary/aromatic N) is 2. The Balaban J connectivity index is 1.76. The van der Waals surface area contributed by atoms with Crippen LogP contribution >= 0.6 is 0 Å². The summed E-state index contributed by atoms with van der Waals surface area (Å²) >= 11 is 0. The largest absolute Gasteiger partial charge is 0.318 e. The van der Waals surface area contributed by atoms with Crippen LogP contribution in [0, 0.1) is 25.2 Å². The second kappa shape index (κ2) is 5.91. The fraction of sp³-hybridized carbons (Fsp3) is 0.200. The predicted octanol–water partition coefficient (Wildman–Crippen LogP) is 2.19. The molecule has 1 aromatic rings. The number of anilines is 1. The summed E-state index contributed by atoms with van der Waals surface area (Å²) in [4.78, 5) is 31.0. The molecule has 4 rings (SSSR count). The molecule has 0 saturated carbocycles. The second-order valence-electron chi connectivity index (χ2n) is 6.68. The number of amidine groups is 1. The van der Waals surface area contributed by atoms with E-state index in [2.05, 4.69) is 10.3 Å². The first-order valence-corrected chi connectivity index (χ1v) is 8.40. The number of aryl methyl sites for hydroxylation is 2. The zero-order valence-corrected chi connectivity index (χ0v) is 14.5. The minimum atomic E-state index is -0.439. The highest BCUT2D eigenvalue weighted by Gasteiger charge is 2.37. The van der Waals surface area contributed by atoms with Crippen LogP contribution in [0.3, 0.4) is 0 Å². The van der Waals surface area contributed by atoms with Gasteiger partial charge in [-0.15, -0.1) is 0 Å². The van der Waals surface area contributed by atoms with Gasteiger partial charge < -0.3 is 10.2 Å². The lowest BCUT2D eigenvalue weighted by atomic mass is 9.95. The Morgan fingerprint density at radius 3 is 2.62 bits per heavy atom. The maximum atomic E-state index is 12.6. The number of aliphatic imine (C=N–C) groups is 1. The van der Waals surface area contributed by atoms with Gasteiger partial charge in [0.1, 0.15) is 17.2 Å². The lowest BCUT2D eigenvalue weighted by molar-refractivity contribution is -0.121. The van der Waals surface area contributed by atoms with Crippen molar-refractivity contribution in [2.45, 2.75) is 13.8 Å². The van der Waals surface area contributed by atoms with Crippen molar-refractivity contribution >= 4 is 28.9 Å². The number of hydrogen-bond donors (Lipinski definition) is 2. The summed E-state index contributed by atoms with van der Waals surface area (Å²) in [6, 6.07) is 5.93. The molecule has 2 heterocycles. The first-order valence-electron chi connectivity index (χ1n) is 8.40. The number of hydrogen-bond acceptors (Lipinski definition) is 4. The van der Waals surface area contributed by atoms with Crippen molar-refractivity contribution in [1.29, 1.82) is 5.41 Å². The molecule has 6 nitrogen and oxygen atoms in total. The summed E-state index contributed by atoms with van der Waals surface area (Å²) in [6.07, 6.45) is 7.12. The van der Waals surface area contributed by atoms with Gasteiger partial charge in [0, 0.05) is 5.69 Å². The molecule has 2 N–H and O–H groups in total. The summed E-state index contributed by atoms with van der Waals surface area (Å²) in [5.41, 5.74) is 3.67. The van der Waals surface area contributed by atoms with Gasteiger partial charge in [0.2, 0.25) is 5.91 Å². The summed E-state index contributed by atoms with van der Waals surface area (Å²) in [5, 5.41) is 11.2. The number of benzene rings is 1. The molecule has 1 saturated heterocycles. The number of fused-ring (bicyclic) bond motifs is 1. The Bertz CT molecular complexity index is 961. The molecule has 1 aromatic carbocycles. The maximum Gasteiger partial charge on any atom is 0.238 e. The Morgan fingerprint density at radius 1 is 1.15 bits per heavy atom. The number of allylic oxidation sites excluding steroid dienone is 3. The summed E-state index contributed by atoms with van der Waals surface area (Å²) in [7, 11) is 0. The standard InChI is InChI=1S/C20H18N4O2/c1-11-7-12(2)9-13(8-11)24-10-16(25)17(18(24)21)19-22-15-6-4-3-5-14(15)20(26)23-19/h3-9,14,21H,10H2,1-2H3,(H,23,26)/b19-17-,21-18?. The molecule has 0 bridgehead atoms. The average Bonchev–Trinajstić information content (AvgIpc) is 2.88. The van der Waals surface area contributed by atoms with Gasteiger partial charge in [-0.3, -0.25) is 15.0 Å². The van der Waals surface area contributed by atoms with Gasteiger partial charge in [-0.1, -0.05) is 24.3 Å². The van der Waals surface area contributed by atoms with Crippen LogP contribution in [-0.2, 0) is 9.59 Å². The third-order valence-corrected chi connectivity index (χ3v) is 4.61. The average molecular weight is 346 g/mol. The van der Waals surface area contributed by atoms with Crippen molar-refractivity contribution < 1.29 is 9.59 Å². The third kappa shape index (κ3) is 2.60. The number of rotatable bonds is 1. The van der Waals surface area contributed by atoms with Gasteiger partial charge in [0.15, 0.2) is 5.78 Å². The van der Waals surface area contributed by atoms with Crippen LogP contribution in [0.2, 0.25) is 0 Å². The predicted molar refractivity (Wildman–Crippen MR) is 100 cm³/mol. The molecule has 1 fully saturated rings. The summed E-state index contributed by atoms with van der Waals surface area (Å²) in [5.74, 6) is -0.659. The van der Waals surface area contributed by atoms with E-state index in [1.54, 1.807) is 29.2 Å². The first kappa shape index (κ1) is 16.2. The van der Waals surface area contributed by atoms with E-state index in [1.807, 2.05) is 32.0 Å². The van der Waals surface area contributed by atoms with Crippen molar-refractivity contribution in [1.82, 2.24) is 5.32 Å². The minimum Gasteiger partial charge on any atom is -0.318 e. The van der Waals surface area contributed by atoms with E-state index in [0.717, 1.165) is 16.8 Å². The summed E-state index contributed by atoms with van der Waals surface area (Å²) in [6.45, 7) is 4.03. The lowest BCUT2D eigenvalue weighted by Crippen LogP contribution is -2.39. The van der Waals surface area contributed by atoms with Crippen molar-refractivity contribution in [2.75, 3.05) is 11.4 Å². The quantitative estimate of drug-likeness (QED) is 0.765. The highest BCUT2D eigenvalue weighted by Crippen LogP contribution is 2.28. The van der Waals surface area contributed by atoms with Gasteiger partial charge >= 0.3 is 0 Å². The van der Waals surface area contributed by atoms with Gasteiger partial charge in [0.05, 0.1) is 18.2 Å². The number of amides is 1. The van der Waals surface area contributed by atoms with Crippen LogP contribution in [0.25, 0.3) is 0 Å². The molecule has 3 aliphatic rings. The van der Waals surface area contributed by atoms with Crippen LogP contribution in [0.15, 0.2) is 58.9 Å². The Labute approximate surface area is 151 Å². The smallest absolute Gasteiger partial charge is 0.238 e. The molecule has 1 amide bonds. The van der Waals surface area contributed by atoms with Gasteiger partial charge in [-0.05, 0) is 43.2 Å². The van der Waals surface area contributed by atoms with Gasteiger partial charge in [0.25, 0.3) is 0 Å². The highest BCUT2D eigenvalue weighted by molar-refractivity contribution is 6.34. The van der Waals surface area contributed by atoms with Crippen molar-refractivity contribution in [3.63, 3.8) is 0 Å². The molecule has 1 unspecified atom stereocenters. The number of Topliss-reactive ketones (excluding diaryl/α,β-unsaturated/α-hetero) is 1. The molecule has 0 spiro atoms. The SMILES string of the molecule is Cc1cc(C)cc(N2CC(=O)/C(=C3\N=C4C=CC=CC4C(=O)N3)C2=N)c1. The van der Waals surface area contributed by atoms with Crippen molar-refractivity contribution in [2.24, 2.45) is 10.9 Å². The van der Waals surface area contributed by atoms with Crippen LogP contribution in [0.1, 0.15) is 11.1 Å². The van der Waals surface area contributed by atoms with E-state index < -0.39 is 5.92 Å². The van der Waals surface area contributed by atoms with Crippen molar-refractivity contribution in [3.05, 3.63) is 65.0 Å². The maximum absolute atomic E-state index is 12.6. The molecular formula is C20H18N4O2. The molecule has 2 aliphatic heterocycles. The zero-order chi connectivity index (χ0) is 18.4. The Kier molecular flexibility index (Phi) is 3.68. The normalized spacial score (nSPS) is 24.7. The lowest BCUT2D eigenvalue weighted by Gasteiger charge is -2.23. The fourth-order valence-corrected chi connectivity index (χ4v) is 3.47. The van der Waals surface area contributed by atoms with Crippen LogP contribution in [-0.4, -0.2) is 29.8 Å². The first-order chi connectivity index (χ1) is 12.4. The number of carbonyl (C=O) groups is 2. The number of carbonyl (C=O) groups excluding carboxylic acids is 2. The van der Waals surface area contributed by atoms with Crippen molar-refractivity contribution in [3.8, 4) is 0 Å². The monoisotopic (exact) mass is 346 g/mol. The van der Waals surface area contributed by atoms with E-state index in [-0.39, 0.29) is 35.5 Å². The van der Waals surface area contributed by atoms with E-state index >= 15 is 0 Å². The Hall–Kier alpha value is -3.28. The van der Waals surface area contributed by atoms with Crippen LogP contribution in [0.4, 0.5) is 5.69 Å². The molecule has 26 heavy (non-hydrogen) atoms. The van der Waals surface area contributed by atoms with Gasteiger partial charge in [-0.25, -0.2) is 4.99 Å². The fourth-order valence-electron chi connectivity index (χ4n) is 3.47. The molecule has 0 radical (unpaired) electrons. The highest BCUT2D eigenvalue weighted by atomic mass is 16.2. The van der Waals surface area contributed by atoms with Crippen LogP contribution in [0.5, 0.6) is 0 Å². The molecule has 0 aromatic heterocycles. The molecule has 130 valence electrons. The minimum absolute atomic E-state index is 0.0634. The second-order valence-corrected chi connectivity index (χ2v) is 6.68. The molecule has 1 aliphatic carbocycles. The van der Waals surface area contributed by atoms with E-state index in [1.165, 1.54) is 0 Å². The van der Waals surface area contributed by atoms with Gasteiger partial charge in [-0.2, -0.15) is 0 Å². The van der Waals surface area contributed by atoms with E-state index in [0.29, 0.717) is 5.71 Å². The van der Waals surface area contributed by atoms with E-state index in [4.69, 9.17) is 5.41 Å². The number of ketones is 1. The Morgan fingerprint density at radius 2 is 1.88 bits per heavy atom. The zero-order valence-electron chi connectivity index (χ0n) is 14.5. The molecule has 1 atom stereocenters. The third-order valence-electron chi connectivity index (χ3n) is 4.61. The van der Waals surface area contributed by atoms with Crippen LogP contribution < -0.4 is 10.2 Å². The molecular weight excluding hydrogens is 328 g/mol. The summed E-state index contributed by atoms with van der Waals surface area (Å²) < 4.78 is 0. The number of nitrogens with one attached hydrogen (secondary N) is 2. The molecule has 6 heteroatoms. The topological polar surface area (TPSA) is 85.6 Å².